The van der Waals surface area contributed by atoms with Gasteiger partial charge in [-0.15, -0.1) is 0 Å². The molecule has 108 valence electrons. The summed E-state index contributed by atoms with van der Waals surface area (Å²) in [5.41, 5.74) is -0.125. The van der Waals surface area contributed by atoms with Crippen LogP contribution in [0.3, 0.4) is 0 Å². The predicted octanol–water partition coefficient (Wildman–Crippen LogP) is 1.66. The van der Waals surface area contributed by atoms with Gasteiger partial charge in [0, 0.05) is 26.2 Å². The minimum atomic E-state index is -0.400. The van der Waals surface area contributed by atoms with Gasteiger partial charge in [-0.3, -0.25) is 4.90 Å². The van der Waals surface area contributed by atoms with E-state index < -0.39 is 6.10 Å². The summed E-state index contributed by atoms with van der Waals surface area (Å²) in [6, 6.07) is 0. The lowest BCUT2D eigenvalue weighted by molar-refractivity contribution is -0.135. The Bertz CT molecular complexity index is 233. The molecule has 0 amide bonds. The maximum atomic E-state index is 9.95. The molecule has 0 aliphatic carbocycles. The quantitative estimate of drug-likeness (QED) is 0.706. The number of hydrogen-bond acceptors (Lipinski definition) is 4. The second-order valence-electron chi connectivity index (χ2n) is 5.96. The minimum absolute atomic E-state index is 0.125. The molecule has 0 radical (unpaired) electrons. The second-order valence-corrected chi connectivity index (χ2v) is 5.96. The lowest BCUT2D eigenvalue weighted by Gasteiger charge is -2.42. The molecule has 1 fully saturated rings. The average Bonchev–Trinajstić information content (AvgIpc) is 2.21. The first-order chi connectivity index (χ1) is 8.43. The molecule has 4 heteroatoms. The van der Waals surface area contributed by atoms with Gasteiger partial charge in [0.05, 0.1) is 24.4 Å². The fourth-order valence-corrected chi connectivity index (χ4v) is 2.54. The lowest BCUT2D eigenvalue weighted by atomic mass is 10.1. The zero-order valence-corrected chi connectivity index (χ0v) is 12.3. The molecule has 0 saturated carbocycles. The van der Waals surface area contributed by atoms with E-state index in [1.54, 1.807) is 0 Å². The third kappa shape index (κ3) is 6.14. The number of hydrogen-bond donors (Lipinski definition) is 1. The summed E-state index contributed by atoms with van der Waals surface area (Å²) >= 11 is 0. The van der Waals surface area contributed by atoms with Crippen LogP contribution in [0.25, 0.3) is 0 Å². The first-order valence-electron chi connectivity index (χ1n) is 7.09. The largest absolute Gasteiger partial charge is 0.389 e. The Morgan fingerprint density at radius 1 is 1.50 bits per heavy atom. The highest BCUT2D eigenvalue weighted by molar-refractivity contribution is 4.83. The summed E-state index contributed by atoms with van der Waals surface area (Å²) in [6.45, 7) is 12.0. The Balaban J connectivity index is 2.24. The van der Waals surface area contributed by atoms with Gasteiger partial charge in [-0.1, -0.05) is 13.3 Å². The van der Waals surface area contributed by atoms with E-state index in [0.717, 1.165) is 32.5 Å². The molecule has 1 heterocycles. The van der Waals surface area contributed by atoms with Crippen LogP contribution in [0.15, 0.2) is 0 Å². The number of rotatable bonds is 7. The van der Waals surface area contributed by atoms with Crippen molar-refractivity contribution < 1.29 is 14.6 Å². The summed E-state index contributed by atoms with van der Waals surface area (Å²) < 4.78 is 11.3. The fourth-order valence-electron chi connectivity index (χ4n) is 2.54. The van der Waals surface area contributed by atoms with Gasteiger partial charge in [0.2, 0.25) is 0 Å². The maximum absolute atomic E-state index is 9.95. The van der Waals surface area contributed by atoms with Gasteiger partial charge >= 0.3 is 0 Å². The van der Waals surface area contributed by atoms with Gasteiger partial charge in [0.1, 0.15) is 0 Å². The SMILES string of the molecule is CCCCOCC(O)CN1CC(C)OC(C)(C)C1. The van der Waals surface area contributed by atoms with Crippen LogP contribution in [0.4, 0.5) is 0 Å². The van der Waals surface area contributed by atoms with Gasteiger partial charge in [0.25, 0.3) is 0 Å². The average molecular weight is 259 g/mol. The van der Waals surface area contributed by atoms with Crippen molar-refractivity contribution in [3.63, 3.8) is 0 Å². The first-order valence-corrected chi connectivity index (χ1v) is 7.09. The summed E-state index contributed by atoms with van der Waals surface area (Å²) in [7, 11) is 0. The lowest BCUT2D eigenvalue weighted by Crippen LogP contribution is -2.53. The highest BCUT2D eigenvalue weighted by Crippen LogP contribution is 2.20. The van der Waals surface area contributed by atoms with Crippen LogP contribution in [0.5, 0.6) is 0 Å². The second kappa shape index (κ2) is 7.43. The standard InChI is InChI=1S/C14H29NO3/c1-5-6-7-17-10-13(16)9-15-8-12(2)18-14(3,4)11-15/h12-13,16H,5-11H2,1-4H3. The molecule has 1 rings (SSSR count). The van der Waals surface area contributed by atoms with Crippen LogP contribution >= 0.6 is 0 Å². The van der Waals surface area contributed by atoms with Crippen molar-refractivity contribution >= 4 is 0 Å². The molecule has 4 nitrogen and oxygen atoms in total. The highest BCUT2D eigenvalue weighted by atomic mass is 16.5. The molecule has 1 aliphatic heterocycles. The van der Waals surface area contributed by atoms with Crippen molar-refractivity contribution in [1.82, 2.24) is 4.90 Å². The van der Waals surface area contributed by atoms with Crippen LogP contribution < -0.4 is 0 Å². The van der Waals surface area contributed by atoms with E-state index in [1.807, 2.05) is 0 Å². The molecule has 0 aromatic carbocycles. The number of β-amino-alcohol motifs (C(OH)–C–C–N with tert-alkyl or cyclic N) is 1. The molecule has 2 unspecified atom stereocenters. The third-order valence-corrected chi connectivity index (χ3v) is 3.06. The Morgan fingerprint density at radius 2 is 2.22 bits per heavy atom. The first kappa shape index (κ1) is 15.9. The zero-order valence-electron chi connectivity index (χ0n) is 12.3. The Morgan fingerprint density at radius 3 is 2.83 bits per heavy atom. The van der Waals surface area contributed by atoms with E-state index >= 15 is 0 Å². The van der Waals surface area contributed by atoms with Crippen LogP contribution in [0, 0.1) is 0 Å². The molecule has 1 saturated heterocycles. The number of aliphatic hydroxyl groups is 1. The zero-order chi connectivity index (χ0) is 13.6. The van der Waals surface area contributed by atoms with E-state index in [9.17, 15) is 5.11 Å². The summed E-state index contributed by atoms with van der Waals surface area (Å²) in [4.78, 5) is 2.27. The molecule has 0 bridgehead atoms. The van der Waals surface area contributed by atoms with Crippen molar-refractivity contribution in [1.29, 1.82) is 0 Å². The van der Waals surface area contributed by atoms with E-state index in [4.69, 9.17) is 9.47 Å². The smallest absolute Gasteiger partial charge is 0.0900 e. The van der Waals surface area contributed by atoms with Crippen LogP contribution in [0.2, 0.25) is 0 Å². The molecule has 0 spiro atoms. The molecular formula is C14H29NO3. The van der Waals surface area contributed by atoms with Gasteiger partial charge in [0.15, 0.2) is 0 Å². The van der Waals surface area contributed by atoms with Crippen LogP contribution in [0.1, 0.15) is 40.5 Å². The van der Waals surface area contributed by atoms with Crippen LogP contribution in [-0.4, -0.2) is 60.7 Å². The minimum Gasteiger partial charge on any atom is -0.389 e. The monoisotopic (exact) mass is 259 g/mol. The van der Waals surface area contributed by atoms with E-state index in [0.29, 0.717) is 13.2 Å². The number of unbranched alkanes of at least 4 members (excludes halogenated alkanes) is 1. The molecule has 1 N–H and O–H groups in total. The van der Waals surface area contributed by atoms with Crippen LogP contribution in [-0.2, 0) is 9.47 Å². The molecule has 2 atom stereocenters. The Hall–Kier alpha value is -0.160. The van der Waals surface area contributed by atoms with E-state index in [-0.39, 0.29) is 11.7 Å². The summed E-state index contributed by atoms with van der Waals surface area (Å²) in [6.07, 6.45) is 2.02. The Kier molecular flexibility index (Phi) is 6.57. The van der Waals surface area contributed by atoms with Crippen molar-refractivity contribution in [2.75, 3.05) is 32.8 Å². The topological polar surface area (TPSA) is 41.9 Å². The van der Waals surface area contributed by atoms with Crippen molar-refractivity contribution in [2.45, 2.75) is 58.3 Å². The van der Waals surface area contributed by atoms with Crippen molar-refractivity contribution in [2.24, 2.45) is 0 Å². The molecule has 18 heavy (non-hydrogen) atoms. The fraction of sp³-hybridized carbons (Fsp3) is 1.00. The summed E-state index contributed by atoms with van der Waals surface area (Å²) in [5, 5.41) is 9.95. The van der Waals surface area contributed by atoms with Gasteiger partial charge < -0.3 is 14.6 Å². The van der Waals surface area contributed by atoms with Crippen molar-refractivity contribution in [3.8, 4) is 0 Å². The molecule has 0 aromatic rings. The number of ether oxygens (including phenoxy) is 2. The third-order valence-electron chi connectivity index (χ3n) is 3.06. The highest BCUT2D eigenvalue weighted by Gasteiger charge is 2.31. The predicted molar refractivity (Wildman–Crippen MR) is 72.8 cm³/mol. The molecular weight excluding hydrogens is 230 g/mol. The summed E-state index contributed by atoms with van der Waals surface area (Å²) in [5.74, 6) is 0. The number of nitrogens with zero attached hydrogens (tertiary/aromatic N) is 1. The number of aliphatic hydroxyl groups excluding tert-OH is 1. The molecule has 0 aromatic heterocycles. The van der Waals surface area contributed by atoms with Gasteiger partial charge in [-0.25, -0.2) is 0 Å². The number of morpholine rings is 1. The molecule has 1 aliphatic rings. The maximum Gasteiger partial charge on any atom is 0.0900 e. The van der Waals surface area contributed by atoms with E-state index in [2.05, 4.69) is 32.6 Å². The normalized spacial score (nSPS) is 26.2. The van der Waals surface area contributed by atoms with Gasteiger partial charge in [-0.05, 0) is 27.2 Å². The Labute approximate surface area is 111 Å². The van der Waals surface area contributed by atoms with E-state index in [1.165, 1.54) is 0 Å². The van der Waals surface area contributed by atoms with Gasteiger partial charge in [-0.2, -0.15) is 0 Å². The van der Waals surface area contributed by atoms with Crippen molar-refractivity contribution in [3.05, 3.63) is 0 Å².